The molecule has 116 valence electrons. The molecule has 0 spiro atoms. The summed E-state index contributed by atoms with van der Waals surface area (Å²) in [5.74, 6) is 1.61. The Morgan fingerprint density at radius 2 is 2.10 bits per heavy atom. The Bertz CT molecular complexity index is 535. The van der Waals surface area contributed by atoms with Gasteiger partial charge < -0.3 is 15.2 Å². The van der Waals surface area contributed by atoms with E-state index >= 15 is 0 Å². The molecule has 3 heteroatoms. The van der Waals surface area contributed by atoms with Gasteiger partial charge in [-0.05, 0) is 53.7 Å². The molecule has 1 aromatic rings. The van der Waals surface area contributed by atoms with Crippen LogP contribution in [-0.2, 0) is 6.54 Å². The van der Waals surface area contributed by atoms with Crippen molar-refractivity contribution < 1.29 is 9.84 Å². The quantitative estimate of drug-likeness (QED) is 0.888. The van der Waals surface area contributed by atoms with E-state index in [1.807, 2.05) is 12.1 Å². The van der Waals surface area contributed by atoms with E-state index in [1.54, 1.807) is 13.2 Å². The zero-order chi connectivity index (χ0) is 15.3. The van der Waals surface area contributed by atoms with Gasteiger partial charge in [-0.2, -0.15) is 0 Å². The van der Waals surface area contributed by atoms with Crippen LogP contribution in [0.1, 0.15) is 45.6 Å². The molecule has 1 aromatic carbocycles. The Morgan fingerprint density at radius 3 is 2.71 bits per heavy atom. The number of rotatable bonds is 4. The number of aromatic hydroxyl groups is 1. The Balaban J connectivity index is 1.73. The highest BCUT2D eigenvalue weighted by Gasteiger charge is 2.58. The number of nitrogens with one attached hydrogen (secondary N) is 1. The molecule has 2 N–H and O–H groups in total. The number of hydrogen-bond acceptors (Lipinski definition) is 3. The zero-order valence-corrected chi connectivity index (χ0v) is 13.6. The highest BCUT2D eigenvalue weighted by atomic mass is 16.5. The van der Waals surface area contributed by atoms with Gasteiger partial charge in [0.1, 0.15) is 0 Å². The summed E-state index contributed by atoms with van der Waals surface area (Å²) in [5, 5.41) is 13.5. The van der Waals surface area contributed by atoms with Crippen molar-refractivity contribution >= 4 is 0 Å². The molecule has 21 heavy (non-hydrogen) atoms. The molecule has 0 aliphatic heterocycles. The molecule has 2 aliphatic rings. The molecule has 2 aliphatic carbocycles. The van der Waals surface area contributed by atoms with E-state index in [9.17, 15) is 5.11 Å². The van der Waals surface area contributed by atoms with Gasteiger partial charge in [-0.3, -0.25) is 0 Å². The second kappa shape index (κ2) is 4.91. The van der Waals surface area contributed by atoms with Crippen molar-refractivity contribution in [2.45, 2.75) is 52.6 Å². The van der Waals surface area contributed by atoms with Crippen LogP contribution in [0.5, 0.6) is 11.5 Å². The van der Waals surface area contributed by atoms with Crippen molar-refractivity contribution in [2.75, 3.05) is 7.11 Å². The van der Waals surface area contributed by atoms with Crippen LogP contribution in [0.15, 0.2) is 18.2 Å². The third-order valence-corrected chi connectivity index (χ3v) is 6.02. The van der Waals surface area contributed by atoms with E-state index in [2.05, 4.69) is 26.1 Å². The van der Waals surface area contributed by atoms with Crippen LogP contribution < -0.4 is 10.1 Å². The SMILES string of the molecule is COc1cc(CNC2C3(C)CCC(C3)C2(C)C)ccc1O. The summed E-state index contributed by atoms with van der Waals surface area (Å²) in [7, 11) is 1.59. The third kappa shape index (κ3) is 2.32. The molecular weight excluding hydrogens is 262 g/mol. The number of fused-ring (bicyclic) bond motifs is 2. The van der Waals surface area contributed by atoms with E-state index in [0.717, 1.165) is 18.0 Å². The van der Waals surface area contributed by atoms with E-state index in [4.69, 9.17) is 4.74 Å². The van der Waals surface area contributed by atoms with Crippen molar-refractivity contribution in [1.29, 1.82) is 0 Å². The Labute approximate surface area is 127 Å². The molecule has 2 saturated carbocycles. The van der Waals surface area contributed by atoms with Crippen LogP contribution >= 0.6 is 0 Å². The fraction of sp³-hybridized carbons (Fsp3) is 0.667. The smallest absolute Gasteiger partial charge is 0.160 e. The van der Waals surface area contributed by atoms with E-state index in [0.29, 0.717) is 22.6 Å². The zero-order valence-electron chi connectivity index (χ0n) is 13.6. The highest BCUT2D eigenvalue weighted by Crippen LogP contribution is 2.62. The van der Waals surface area contributed by atoms with Crippen molar-refractivity contribution in [1.82, 2.24) is 5.32 Å². The first-order valence-corrected chi connectivity index (χ1v) is 7.96. The summed E-state index contributed by atoms with van der Waals surface area (Å²) in [6.07, 6.45) is 4.09. The number of ether oxygens (including phenoxy) is 1. The number of phenols is 1. The number of benzene rings is 1. The first-order valence-electron chi connectivity index (χ1n) is 7.96. The lowest BCUT2D eigenvalue weighted by Gasteiger charge is -2.43. The lowest BCUT2D eigenvalue weighted by molar-refractivity contribution is 0.108. The second-order valence-corrected chi connectivity index (χ2v) is 7.74. The largest absolute Gasteiger partial charge is 0.504 e. The molecule has 0 saturated heterocycles. The average Bonchev–Trinajstić information content (AvgIpc) is 2.91. The van der Waals surface area contributed by atoms with Crippen molar-refractivity contribution in [3.05, 3.63) is 23.8 Å². The summed E-state index contributed by atoms with van der Waals surface area (Å²) < 4.78 is 5.19. The highest BCUT2D eigenvalue weighted by molar-refractivity contribution is 5.41. The fourth-order valence-electron chi connectivity index (χ4n) is 4.86. The number of hydrogen-bond donors (Lipinski definition) is 2. The van der Waals surface area contributed by atoms with Gasteiger partial charge >= 0.3 is 0 Å². The monoisotopic (exact) mass is 289 g/mol. The minimum absolute atomic E-state index is 0.202. The van der Waals surface area contributed by atoms with Gasteiger partial charge in [0, 0.05) is 12.6 Å². The van der Waals surface area contributed by atoms with Gasteiger partial charge in [-0.15, -0.1) is 0 Å². The van der Waals surface area contributed by atoms with Crippen molar-refractivity contribution in [2.24, 2.45) is 16.7 Å². The maximum atomic E-state index is 9.68. The predicted octanol–water partition coefficient (Wildman–Crippen LogP) is 3.71. The van der Waals surface area contributed by atoms with Gasteiger partial charge in [-0.25, -0.2) is 0 Å². The minimum atomic E-state index is 0.202. The molecule has 3 nitrogen and oxygen atoms in total. The molecule has 0 radical (unpaired) electrons. The predicted molar refractivity (Wildman–Crippen MR) is 84.5 cm³/mol. The van der Waals surface area contributed by atoms with Crippen molar-refractivity contribution in [3.8, 4) is 11.5 Å². The minimum Gasteiger partial charge on any atom is -0.504 e. The van der Waals surface area contributed by atoms with Gasteiger partial charge in [0.2, 0.25) is 0 Å². The summed E-state index contributed by atoms with van der Waals surface area (Å²) in [5.41, 5.74) is 1.97. The van der Waals surface area contributed by atoms with Crippen LogP contribution in [-0.4, -0.2) is 18.3 Å². The van der Waals surface area contributed by atoms with Crippen molar-refractivity contribution in [3.63, 3.8) is 0 Å². The second-order valence-electron chi connectivity index (χ2n) is 7.74. The summed E-state index contributed by atoms with van der Waals surface area (Å²) in [6, 6.07) is 6.16. The summed E-state index contributed by atoms with van der Waals surface area (Å²) >= 11 is 0. The summed E-state index contributed by atoms with van der Waals surface area (Å²) in [4.78, 5) is 0. The first kappa shape index (κ1) is 14.7. The molecule has 0 amide bonds. The topological polar surface area (TPSA) is 41.5 Å². The number of methoxy groups -OCH3 is 1. The normalized spacial score (nSPS) is 33.3. The molecule has 3 rings (SSSR count). The molecule has 0 aromatic heterocycles. The van der Waals surface area contributed by atoms with Gasteiger partial charge in [0.05, 0.1) is 7.11 Å². The van der Waals surface area contributed by atoms with Gasteiger partial charge in [0.15, 0.2) is 11.5 Å². The lowest BCUT2D eigenvalue weighted by Crippen LogP contribution is -2.49. The average molecular weight is 289 g/mol. The third-order valence-electron chi connectivity index (χ3n) is 6.02. The Hall–Kier alpha value is -1.22. The van der Waals surface area contributed by atoms with E-state index < -0.39 is 0 Å². The first-order chi connectivity index (χ1) is 9.87. The van der Waals surface area contributed by atoms with Crippen LogP contribution in [0, 0.1) is 16.7 Å². The van der Waals surface area contributed by atoms with E-state index in [1.165, 1.54) is 19.3 Å². The van der Waals surface area contributed by atoms with Crippen LogP contribution in [0.4, 0.5) is 0 Å². The fourth-order valence-corrected chi connectivity index (χ4v) is 4.86. The summed E-state index contributed by atoms with van der Waals surface area (Å²) in [6.45, 7) is 8.10. The lowest BCUT2D eigenvalue weighted by atomic mass is 9.68. The number of phenolic OH excluding ortho intramolecular Hbond substituents is 1. The Kier molecular flexibility index (Phi) is 3.44. The Morgan fingerprint density at radius 1 is 1.33 bits per heavy atom. The molecule has 3 unspecified atom stereocenters. The van der Waals surface area contributed by atoms with Crippen LogP contribution in [0.3, 0.4) is 0 Å². The maximum absolute atomic E-state index is 9.68. The van der Waals surface area contributed by atoms with E-state index in [-0.39, 0.29) is 5.75 Å². The maximum Gasteiger partial charge on any atom is 0.160 e. The standard InChI is InChI=1S/C18H27NO2/c1-17(2)13-7-8-18(3,10-13)16(17)19-11-12-5-6-14(20)15(9-12)21-4/h5-6,9,13,16,19-20H,7-8,10-11H2,1-4H3. The molecule has 0 heterocycles. The molecular formula is C18H27NO2. The van der Waals surface area contributed by atoms with Gasteiger partial charge in [0.25, 0.3) is 0 Å². The molecule has 2 fully saturated rings. The van der Waals surface area contributed by atoms with Gasteiger partial charge in [-0.1, -0.05) is 26.8 Å². The molecule has 2 bridgehead atoms. The van der Waals surface area contributed by atoms with Crippen LogP contribution in [0.25, 0.3) is 0 Å². The van der Waals surface area contributed by atoms with Crippen LogP contribution in [0.2, 0.25) is 0 Å². The molecule has 3 atom stereocenters.